The van der Waals surface area contributed by atoms with E-state index < -0.39 is 0 Å². The van der Waals surface area contributed by atoms with Crippen molar-refractivity contribution in [2.45, 2.75) is 59.2 Å². The van der Waals surface area contributed by atoms with Crippen LogP contribution in [0.5, 0.6) is 11.5 Å². The Labute approximate surface area is 220 Å². The molecule has 2 aromatic rings. The number of allylic oxidation sites excluding steroid dienone is 1. The van der Waals surface area contributed by atoms with Crippen LogP contribution in [0.3, 0.4) is 0 Å². The maximum atomic E-state index is 10.1. The molecule has 0 aromatic heterocycles. The number of ether oxygens (including phenoxy) is 3. The van der Waals surface area contributed by atoms with Crippen molar-refractivity contribution in [3.05, 3.63) is 88.0 Å². The Kier molecular flexibility index (Phi) is 8.25. The van der Waals surface area contributed by atoms with Crippen LogP contribution in [-0.4, -0.2) is 36.7 Å². The molecule has 2 N–H and O–H groups in total. The Morgan fingerprint density at radius 1 is 1.00 bits per heavy atom. The first kappa shape index (κ1) is 26.4. The molecule has 1 unspecified atom stereocenters. The number of nitrogens with two attached hydrogens (primary N) is 1. The highest BCUT2D eigenvalue weighted by Gasteiger charge is 2.37. The van der Waals surface area contributed by atoms with Gasteiger partial charge in [0.2, 0.25) is 5.88 Å². The Balaban J connectivity index is 1.76. The second-order valence-electron chi connectivity index (χ2n) is 10.1. The lowest BCUT2D eigenvalue weighted by atomic mass is 9.80. The highest BCUT2D eigenvalue weighted by molar-refractivity contribution is 5.63. The van der Waals surface area contributed by atoms with Crippen LogP contribution in [-0.2, 0) is 4.74 Å². The lowest BCUT2D eigenvalue weighted by molar-refractivity contribution is 0.234. The Morgan fingerprint density at radius 2 is 1.59 bits per heavy atom. The van der Waals surface area contributed by atoms with Crippen LogP contribution in [0.25, 0.3) is 6.08 Å². The van der Waals surface area contributed by atoms with Crippen molar-refractivity contribution < 1.29 is 14.2 Å². The molecule has 0 saturated heterocycles. The van der Waals surface area contributed by atoms with Crippen LogP contribution in [0.1, 0.15) is 58.1 Å². The minimum atomic E-state index is -0.272. The van der Waals surface area contributed by atoms with Crippen LogP contribution in [0.15, 0.2) is 76.9 Å². The molecule has 0 bridgehead atoms. The largest absolute Gasteiger partial charge is 0.491 e. The number of hydrogen-bond acceptors (Lipinski definition) is 6. The van der Waals surface area contributed by atoms with E-state index in [-0.39, 0.29) is 24.0 Å². The van der Waals surface area contributed by atoms with Gasteiger partial charge in [-0.1, -0.05) is 31.2 Å². The van der Waals surface area contributed by atoms with E-state index in [1.54, 1.807) is 0 Å². The van der Waals surface area contributed by atoms with E-state index in [0.29, 0.717) is 5.57 Å². The molecule has 6 heteroatoms. The third-order valence-electron chi connectivity index (χ3n) is 6.32. The lowest BCUT2D eigenvalue weighted by Crippen LogP contribution is -2.38. The van der Waals surface area contributed by atoms with Gasteiger partial charge >= 0.3 is 0 Å². The third-order valence-corrected chi connectivity index (χ3v) is 6.32. The fourth-order valence-corrected chi connectivity index (χ4v) is 4.92. The summed E-state index contributed by atoms with van der Waals surface area (Å²) in [4.78, 5) is 2.41. The number of rotatable bonds is 8. The molecular weight excluding hydrogens is 462 g/mol. The Morgan fingerprint density at radius 3 is 2.14 bits per heavy atom. The predicted octanol–water partition coefficient (Wildman–Crippen LogP) is 6.13. The summed E-state index contributed by atoms with van der Waals surface area (Å²) in [6.07, 6.45) is 3.40. The zero-order chi connectivity index (χ0) is 26.5. The Bertz CT molecular complexity index is 1230. The number of benzene rings is 2. The number of nitrogens with zero attached hydrogens (tertiary/aromatic N) is 2. The van der Waals surface area contributed by atoms with Gasteiger partial charge in [-0.3, -0.25) is 4.90 Å². The van der Waals surface area contributed by atoms with Crippen molar-refractivity contribution >= 4 is 6.08 Å². The maximum Gasteiger partial charge on any atom is 0.205 e. The molecule has 2 aliphatic heterocycles. The fourth-order valence-electron chi connectivity index (χ4n) is 4.92. The van der Waals surface area contributed by atoms with Crippen molar-refractivity contribution in [2.24, 2.45) is 5.73 Å². The molecule has 1 atom stereocenters. The molecular formula is C31H37N3O3. The Hall–Kier alpha value is -3.69. The van der Waals surface area contributed by atoms with E-state index in [2.05, 4.69) is 36.1 Å². The summed E-state index contributed by atoms with van der Waals surface area (Å²) < 4.78 is 17.8. The van der Waals surface area contributed by atoms with Gasteiger partial charge in [0.15, 0.2) is 0 Å². The van der Waals surface area contributed by atoms with E-state index in [1.807, 2.05) is 64.1 Å². The van der Waals surface area contributed by atoms with Gasteiger partial charge in [0, 0.05) is 18.7 Å². The van der Waals surface area contributed by atoms with Crippen molar-refractivity contribution in [2.75, 3.05) is 19.6 Å². The zero-order valence-corrected chi connectivity index (χ0v) is 22.5. The van der Waals surface area contributed by atoms with Crippen LogP contribution < -0.4 is 15.2 Å². The zero-order valence-electron chi connectivity index (χ0n) is 22.5. The molecule has 0 aliphatic carbocycles. The van der Waals surface area contributed by atoms with Crippen molar-refractivity contribution in [3.63, 3.8) is 0 Å². The van der Waals surface area contributed by atoms with Crippen LogP contribution >= 0.6 is 0 Å². The smallest absolute Gasteiger partial charge is 0.205 e. The molecule has 0 radical (unpaired) electrons. The van der Waals surface area contributed by atoms with Crippen LogP contribution in [0.2, 0.25) is 0 Å². The highest BCUT2D eigenvalue weighted by atomic mass is 16.5. The third kappa shape index (κ3) is 6.18. The molecule has 0 amide bonds. The summed E-state index contributed by atoms with van der Waals surface area (Å²) in [7, 11) is 0. The molecule has 0 spiro atoms. The van der Waals surface area contributed by atoms with Crippen LogP contribution in [0, 0.1) is 11.3 Å². The molecule has 37 heavy (non-hydrogen) atoms. The summed E-state index contributed by atoms with van der Waals surface area (Å²) >= 11 is 0. The van der Waals surface area contributed by atoms with Gasteiger partial charge in [0.05, 0.1) is 18.1 Å². The highest BCUT2D eigenvalue weighted by Crippen LogP contribution is 2.44. The first-order valence-corrected chi connectivity index (χ1v) is 13.1. The topological polar surface area (TPSA) is 80.7 Å². The summed E-state index contributed by atoms with van der Waals surface area (Å²) in [6.45, 7) is 12.6. The summed E-state index contributed by atoms with van der Waals surface area (Å²) in [5, 5.41) is 10.1. The van der Waals surface area contributed by atoms with Gasteiger partial charge < -0.3 is 19.9 Å². The minimum absolute atomic E-state index is 0.0908. The SMILES string of the molecule is CCCN1CC2=C(OC(N)=C(C#N)C2c2ccc(OC(C)C)cc2)/C(=C/c2ccc(OC(C)C)cc2)C1. The monoisotopic (exact) mass is 499 g/mol. The number of nitriles is 1. The quantitative estimate of drug-likeness (QED) is 0.470. The normalized spacial score (nSPS) is 19.2. The average Bonchev–Trinajstić information content (AvgIpc) is 2.85. The van der Waals surface area contributed by atoms with Crippen molar-refractivity contribution in [1.29, 1.82) is 5.26 Å². The van der Waals surface area contributed by atoms with E-state index in [4.69, 9.17) is 19.9 Å². The van der Waals surface area contributed by atoms with Gasteiger partial charge in [-0.2, -0.15) is 5.26 Å². The number of hydrogen-bond donors (Lipinski definition) is 1. The van der Waals surface area contributed by atoms with Crippen LogP contribution in [0.4, 0.5) is 0 Å². The first-order valence-electron chi connectivity index (χ1n) is 13.1. The van der Waals surface area contributed by atoms with E-state index in [0.717, 1.165) is 65.6 Å². The molecule has 194 valence electrons. The fraction of sp³-hybridized carbons (Fsp3) is 0.387. The minimum Gasteiger partial charge on any atom is -0.491 e. The molecule has 0 saturated carbocycles. The van der Waals surface area contributed by atoms with E-state index >= 15 is 0 Å². The van der Waals surface area contributed by atoms with E-state index in [9.17, 15) is 5.26 Å². The summed E-state index contributed by atoms with van der Waals surface area (Å²) in [5.74, 6) is 2.32. The maximum absolute atomic E-state index is 10.1. The molecule has 2 aliphatic rings. The molecule has 4 rings (SSSR count). The lowest BCUT2D eigenvalue weighted by Gasteiger charge is -2.38. The predicted molar refractivity (Wildman–Crippen MR) is 147 cm³/mol. The van der Waals surface area contributed by atoms with Gasteiger partial charge in [0.25, 0.3) is 0 Å². The second kappa shape index (κ2) is 11.6. The summed E-state index contributed by atoms with van der Waals surface area (Å²) in [5.41, 5.74) is 11.0. The van der Waals surface area contributed by atoms with Gasteiger partial charge in [-0.15, -0.1) is 0 Å². The first-order chi connectivity index (χ1) is 17.8. The van der Waals surface area contributed by atoms with E-state index in [1.165, 1.54) is 0 Å². The molecule has 6 nitrogen and oxygen atoms in total. The van der Waals surface area contributed by atoms with Crippen molar-refractivity contribution in [3.8, 4) is 17.6 Å². The average molecular weight is 500 g/mol. The molecule has 0 fully saturated rings. The van der Waals surface area contributed by atoms with Gasteiger partial charge in [0.1, 0.15) is 28.9 Å². The standard InChI is InChI=1S/C31H37N3O3/c1-6-15-34-18-24(16-22-7-11-25(12-8-22)35-20(2)3)30-28(19-34)29(27(17-32)31(33)37-30)23-9-13-26(14-10-23)36-21(4)5/h7-14,16,20-21,29H,6,15,18-19,33H2,1-5H3/b24-16+. The second-order valence-corrected chi connectivity index (χ2v) is 10.1. The van der Waals surface area contributed by atoms with Gasteiger partial charge in [-0.25, -0.2) is 0 Å². The molecule has 2 heterocycles. The van der Waals surface area contributed by atoms with Gasteiger partial charge in [-0.05, 0) is 87.7 Å². The molecule has 2 aromatic carbocycles. The summed E-state index contributed by atoms with van der Waals surface area (Å²) in [6, 6.07) is 18.4. The van der Waals surface area contributed by atoms with Crippen molar-refractivity contribution in [1.82, 2.24) is 4.90 Å².